The third-order valence-corrected chi connectivity index (χ3v) is 6.20. The topological polar surface area (TPSA) is 75.6 Å². The lowest BCUT2D eigenvalue weighted by molar-refractivity contribution is 0.0897. The molecule has 2 heterocycles. The highest BCUT2D eigenvalue weighted by Gasteiger charge is 2.47. The molecule has 6 heteroatoms. The quantitative estimate of drug-likeness (QED) is 0.653. The van der Waals surface area contributed by atoms with E-state index in [2.05, 4.69) is 40.5 Å². The Morgan fingerprint density at radius 1 is 1.25 bits per heavy atom. The van der Waals surface area contributed by atoms with Gasteiger partial charge in [-0.2, -0.15) is 5.10 Å². The van der Waals surface area contributed by atoms with E-state index in [1.165, 1.54) is 31.2 Å². The Kier molecular flexibility index (Phi) is 4.22. The van der Waals surface area contributed by atoms with Crippen LogP contribution < -0.4 is 5.32 Å². The molecule has 28 heavy (non-hydrogen) atoms. The highest BCUT2D eigenvalue weighted by atomic mass is 16.2. The van der Waals surface area contributed by atoms with Gasteiger partial charge in [0.25, 0.3) is 5.91 Å². The minimum absolute atomic E-state index is 0.0627. The standard InChI is InChI=1S/C22H27N5O/c1-3-27-18(10-11-23-27)22(28)26-20(19(14-5-6-14)15-7-8-15)21-24-16-9-4-13(2)12-17(16)25-21/h4,9-12,14-15,19-20H,3,5-8H2,1-2H3,(H,24,25)(H,26,28). The number of amides is 1. The number of hydrogen-bond donors (Lipinski definition) is 2. The molecule has 1 atom stereocenters. The lowest BCUT2D eigenvalue weighted by atomic mass is 9.88. The molecule has 1 unspecified atom stereocenters. The Bertz CT molecular complexity index is 999. The van der Waals surface area contributed by atoms with Crippen LogP contribution in [0.15, 0.2) is 30.5 Å². The van der Waals surface area contributed by atoms with E-state index < -0.39 is 0 Å². The molecular weight excluding hydrogens is 350 g/mol. The smallest absolute Gasteiger partial charge is 0.270 e. The summed E-state index contributed by atoms with van der Waals surface area (Å²) in [7, 11) is 0. The first kappa shape index (κ1) is 17.5. The Labute approximate surface area is 164 Å². The predicted molar refractivity (Wildman–Crippen MR) is 108 cm³/mol. The summed E-state index contributed by atoms with van der Waals surface area (Å²) in [6.45, 7) is 4.77. The Hall–Kier alpha value is -2.63. The number of aromatic amines is 1. The van der Waals surface area contributed by atoms with Crippen LogP contribution in [-0.4, -0.2) is 25.7 Å². The van der Waals surface area contributed by atoms with Gasteiger partial charge in [0.2, 0.25) is 0 Å². The fraction of sp³-hybridized carbons (Fsp3) is 0.500. The molecule has 0 aliphatic heterocycles. The maximum atomic E-state index is 13.1. The van der Waals surface area contributed by atoms with Gasteiger partial charge in [0, 0.05) is 12.7 Å². The molecule has 2 N–H and O–H groups in total. The summed E-state index contributed by atoms with van der Waals surface area (Å²) in [4.78, 5) is 21.5. The van der Waals surface area contributed by atoms with Gasteiger partial charge in [-0.25, -0.2) is 4.98 Å². The average Bonchev–Trinajstić information content (AvgIpc) is 3.61. The summed E-state index contributed by atoms with van der Waals surface area (Å²) in [5.41, 5.74) is 3.82. The van der Waals surface area contributed by atoms with Gasteiger partial charge in [0.1, 0.15) is 11.5 Å². The third kappa shape index (κ3) is 3.21. The molecule has 2 saturated carbocycles. The molecule has 2 aliphatic carbocycles. The first-order valence-electron chi connectivity index (χ1n) is 10.4. The molecule has 0 radical (unpaired) electrons. The number of aryl methyl sites for hydroxylation is 2. The lowest BCUT2D eigenvalue weighted by Gasteiger charge is -2.27. The second kappa shape index (κ2) is 6.76. The molecule has 0 spiro atoms. The van der Waals surface area contributed by atoms with E-state index >= 15 is 0 Å². The minimum atomic E-state index is -0.0830. The van der Waals surface area contributed by atoms with Crippen LogP contribution >= 0.6 is 0 Å². The Morgan fingerprint density at radius 3 is 2.68 bits per heavy atom. The van der Waals surface area contributed by atoms with Crippen LogP contribution in [0, 0.1) is 24.7 Å². The second-order valence-corrected chi connectivity index (χ2v) is 8.38. The molecule has 6 nitrogen and oxygen atoms in total. The molecule has 2 aliphatic rings. The van der Waals surface area contributed by atoms with E-state index in [9.17, 15) is 4.79 Å². The van der Waals surface area contributed by atoms with Crippen LogP contribution in [0.5, 0.6) is 0 Å². The van der Waals surface area contributed by atoms with E-state index in [1.54, 1.807) is 16.9 Å². The van der Waals surface area contributed by atoms with E-state index in [-0.39, 0.29) is 11.9 Å². The number of H-pyrrole nitrogens is 1. The number of hydrogen-bond acceptors (Lipinski definition) is 3. The maximum absolute atomic E-state index is 13.1. The third-order valence-electron chi connectivity index (χ3n) is 6.20. The van der Waals surface area contributed by atoms with E-state index in [0.717, 1.165) is 16.9 Å². The Balaban J connectivity index is 1.51. The highest BCUT2D eigenvalue weighted by molar-refractivity contribution is 5.92. The van der Waals surface area contributed by atoms with Crippen molar-refractivity contribution in [2.45, 2.75) is 52.1 Å². The molecule has 1 amide bonds. The normalized spacial score (nSPS) is 18.0. The first-order valence-corrected chi connectivity index (χ1v) is 10.4. The molecule has 0 saturated heterocycles. The number of aromatic nitrogens is 4. The van der Waals surface area contributed by atoms with Crippen LogP contribution in [0.25, 0.3) is 11.0 Å². The minimum Gasteiger partial charge on any atom is -0.340 e. The molecular formula is C22H27N5O. The number of carbonyl (C=O) groups is 1. The van der Waals surface area contributed by atoms with Crippen LogP contribution in [0.1, 0.15) is 60.5 Å². The summed E-state index contributed by atoms with van der Waals surface area (Å²) < 4.78 is 1.75. The van der Waals surface area contributed by atoms with Crippen molar-refractivity contribution in [3.05, 3.63) is 47.5 Å². The second-order valence-electron chi connectivity index (χ2n) is 8.38. The number of nitrogens with one attached hydrogen (secondary N) is 2. The number of fused-ring (bicyclic) bond motifs is 1. The highest BCUT2D eigenvalue weighted by Crippen LogP contribution is 2.53. The summed E-state index contributed by atoms with van der Waals surface area (Å²) in [6.07, 6.45) is 6.75. The SMILES string of the molecule is CCn1nccc1C(=O)NC(c1nc2ccc(C)cc2[nH]1)C(C1CC1)C1CC1. The van der Waals surface area contributed by atoms with Crippen LogP contribution in [0.2, 0.25) is 0 Å². The van der Waals surface area contributed by atoms with Gasteiger partial charge in [-0.05, 0) is 81.0 Å². The zero-order valence-electron chi connectivity index (χ0n) is 16.5. The van der Waals surface area contributed by atoms with Crippen molar-refractivity contribution < 1.29 is 4.79 Å². The fourth-order valence-corrected chi connectivity index (χ4v) is 4.52. The van der Waals surface area contributed by atoms with Crippen LogP contribution in [0.3, 0.4) is 0 Å². The number of nitrogens with zero attached hydrogens (tertiary/aromatic N) is 3. The maximum Gasteiger partial charge on any atom is 0.270 e. The molecule has 5 rings (SSSR count). The van der Waals surface area contributed by atoms with Crippen molar-refractivity contribution in [1.29, 1.82) is 0 Å². The molecule has 146 valence electrons. The fourth-order valence-electron chi connectivity index (χ4n) is 4.52. The first-order chi connectivity index (χ1) is 13.6. The summed E-state index contributed by atoms with van der Waals surface area (Å²) in [5, 5.41) is 7.59. The number of benzene rings is 1. The van der Waals surface area contributed by atoms with Crippen molar-refractivity contribution in [3.63, 3.8) is 0 Å². The van der Waals surface area contributed by atoms with Crippen molar-refractivity contribution >= 4 is 16.9 Å². The lowest BCUT2D eigenvalue weighted by Crippen LogP contribution is -2.37. The van der Waals surface area contributed by atoms with E-state index in [4.69, 9.17) is 4.98 Å². The van der Waals surface area contributed by atoms with Gasteiger partial charge in [0.05, 0.1) is 17.1 Å². The monoisotopic (exact) mass is 377 g/mol. The summed E-state index contributed by atoms with van der Waals surface area (Å²) in [6, 6.07) is 7.97. The predicted octanol–water partition coefficient (Wildman–Crippen LogP) is 4.00. The van der Waals surface area contributed by atoms with E-state index in [1.807, 2.05) is 6.92 Å². The van der Waals surface area contributed by atoms with Crippen LogP contribution in [0.4, 0.5) is 0 Å². The average molecular weight is 377 g/mol. The summed E-state index contributed by atoms with van der Waals surface area (Å²) in [5.74, 6) is 2.68. The summed E-state index contributed by atoms with van der Waals surface area (Å²) >= 11 is 0. The molecule has 2 aromatic heterocycles. The van der Waals surface area contributed by atoms with Crippen molar-refractivity contribution in [1.82, 2.24) is 25.1 Å². The largest absolute Gasteiger partial charge is 0.340 e. The van der Waals surface area contributed by atoms with Gasteiger partial charge < -0.3 is 10.3 Å². The van der Waals surface area contributed by atoms with Crippen molar-refractivity contribution in [3.8, 4) is 0 Å². The van der Waals surface area contributed by atoms with Gasteiger partial charge >= 0.3 is 0 Å². The van der Waals surface area contributed by atoms with Gasteiger partial charge in [0.15, 0.2) is 0 Å². The Morgan fingerprint density at radius 2 is 2.00 bits per heavy atom. The molecule has 3 aromatic rings. The van der Waals surface area contributed by atoms with Gasteiger partial charge in [-0.3, -0.25) is 9.48 Å². The molecule has 0 bridgehead atoms. The van der Waals surface area contributed by atoms with Gasteiger partial charge in [-0.15, -0.1) is 0 Å². The van der Waals surface area contributed by atoms with Crippen molar-refractivity contribution in [2.24, 2.45) is 17.8 Å². The molecule has 2 fully saturated rings. The van der Waals surface area contributed by atoms with E-state index in [0.29, 0.717) is 30.0 Å². The molecule has 1 aromatic carbocycles. The van der Waals surface area contributed by atoms with Crippen LogP contribution in [-0.2, 0) is 6.54 Å². The number of rotatable bonds is 7. The zero-order chi connectivity index (χ0) is 19.3. The van der Waals surface area contributed by atoms with Crippen molar-refractivity contribution in [2.75, 3.05) is 0 Å². The number of carbonyl (C=O) groups excluding carboxylic acids is 1. The van der Waals surface area contributed by atoms with Gasteiger partial charge in [-0.1, -0.05) is 6.07 Å². The number of imidazole rings is 1. The zero-order valence-corrected chi connectivity index (χ0v) is 16.5.